The fourth-order valence-electron chi connectivity index (χ4n) is 5.48. The Morgan fingerprint density at radius 3 is 2.06 bits per heavy atom. The van der Waals surface area contributed by atoms with Gasteiger partial charge in [0.25, 0.3) is 0 Å². The molecule has 13 nitrogen and oxygen atoms in total. The van der Waals surface area contributed by atoms with Crippen LogP contribution < -0.4 is 21.0 Å². The number of hydrogen-bond acceptors (Lipinski definition) is 7. The molecule has 3 N–H and O–H groups in total. The third-order valence-electron chi connectivity index (χ3n) is 8.32. The molecule has 2 aromatic rings. The van der Waals surface area contributed by atoms with E-state index in [1.807, 2.05) is 31.2 Å². The average Bonchev–Trinajstić information content (AvgIpc) is 3.07. The van der Waals surface area contributed by atoms with Gasteiger partial charge < -0.3 is 25.2 Å². The summed E-state index contributed by atoms with van der Waals surface area (Å²) >= 11 is 6.37. The van der Waals surface area contributed by atoms with Crippen molar-refractivity contribution >= 4 is 47.3 Å². The molecule has 0 bridgehead atoms. The summed E-state index contributed by atoms with van der Waals surface area (Å²) in [7, 11) is 0. The van der Waals surface area contributed by atoms with Gasteiger partial charge in [-0.3, -0.25) is 14.4 Å². The molecule has 0 saturated carbocycles. The van der Waals surface area contributed by atoms with Gasteiger partial charge in [-0.1, -0.05) is 48.9 Å². The first-order valence-electron chi connectivity index (χ1n) is 17.3. The van der Waals surface area contributed by atoms with Crippen LogP contribution in [0.1, 0.15) is 79.4 Å². The van der Waals surface area contributed by atoms with Gasteiger partial charge in [-0.05, 0) is 97.1 Å². The highest BCUT2D eigenvalue weighted by Gasteiger charge is 2.45. The minimum atomic E-state index is -1.13. The molecular weight excluding hydrogens is 676 g/mol. The van der Waals surface area contributed by atoms with Crippen molar-refractivity contribution in [2.24, 2.45) is 5.41 Å². The number of rotatable bonds is 11. The van der Waals surface area contributed by atoms with E-state index in [2.05, 4.69) is 16.1 Å². The number of carbonyl (C=O) groups excluding carboxylic acids is 5. The Bertz CT molecular complexity index is 1530. The maximum Gasteiger partial charge on any atom is 0.408 e. The van der Waals surface area contributed by atoms with Crippen LogP contribution in [-0.4, -0.2) is 83.7 Å². The summed E-state index contributed by atoms with van der Waals surface area (Å²) in [5.41, 5.74) is 1.93. The number of aryl methyl sites for hydroxylation is 1. The fourth-order valence-corrected chi connectivity index (χ4v) is 5.68. The van der Waals surface area contributed by atoms with Crippen LogP contribution in [0.15, 0.2) is 48.5 Å². The van der Waals surface area contributed by atoms with E-state index in [0.717, 1.165) is 22.4 Å². The van der Waals surface area contributed by atoms with Gasteiger partial charge in [-0.2, -0.15) is 0 Å². The van der Waals surface area contributed by atoms with Crippen molar-refractivity contribution in [3.63, 3.8) is 0 Å². The minimum absolute atomic E-state index is 0.0359. The topological polar surface area (TPSA) is 150 Å². The first-order valence-corrected chi connectivity index (χ1v) is 17.7. The minimum Gasteiger partial charge on any atom is -0.444 e. The Kier molecular flexibility index (Phi) is 14.3. The van der Waals surface area contributed by atoms with Gasteiger partial charge in [-0.25, -0.2) is 24.8 Å². The van der Waals surface area contributed by atoms with Crippen molar-refractivity contribution in [1.82, 2.24) is 25.9 Å². The van der Waals surface area contributed by atoms with Gasteiger partial charge >= 0.3 is 18.2 Å². The summed E-state index contributed by atoms with van der Waals surface area (Å²) in [6.45, 7) is 14.7. The second kappa shape index (κ2) is 17.7. The summed E-state index contributed by atoms with van der Waals surface area (Å²) < 4.78 is 5.24. The van der Waals surface area contributed by atoms with Gasteiger partial charge in [0.05, 0.1) is 16.7 Å². The quantitative estimate of drug-likeness (QED) is 0.239. The molecule has 0 aromatic heterocycles. The summed E-state index contributed by atoms with van der Waals surface area (Å²) in [5, 5.41) is 6.00. The third kappa shape index (κ3) is 12.1. The molecule has 1 saturated heterocycles. The zero-order valence-electron chi connectivity index (χ0n) is 31.1. The molecule has 0 spiro atoms. The number of hydroxylamine groups is 1. The molecule has 1 aliphatic heterocycles. The lowest BCUT2D eigenvalue weighted by Gasteiger charge is -2.43. The zero-order chi connectivity index (χ0) is 38.0. The molecule has 0 radical (unpaired) electrons. The Morgan fingerprint density at radius 1 is 0.882 bits per heavy atom. The number of anilines is 1. The zero-order valence-corrected chi connectivity index (χ0v) is 31.8. The number of benzene rings is 2. The molecule has 280 valence electrons. The predicted molar refractivity (Wildman–Crippen MR) is 196 cm³/mol. The largest absolute Gasteiger partial charge is 0.444 e. The van der Waals surface area contributed by atoms with Crippen LogP contribution in [-0.2, 0) is 32.1 Å². The maximum atomic E-state index is 14.3. The number of urea groups is 2. The van der Waals surface area contributed by atoms with E-state index >= 15 is 0 Å². The maximum absolute atomic E-state index is 14.3. The van der Waals surface area contributed by atoms with Crippen LogP contribution in [0, 0.1) is 5.41 Å². The highest BCUT2D eigenvalue weighted by molar-refractivity contribution is 6.31. The Hall–Kier alpha value is -4.36. The molecule has 2 aromatic carbocycles. The number of likely N-dealkylation sites (tertiary alicyclic amines) is 1. The number of nitrogens with zero attached hydrogens (tertiary/aromatic N) is 3. The van der Waals surface area contributed by atoms with Crippen LogP contribution >= 0.6 is 11.6 Å². The van der Waals surface area contributed by atoms with Gasteiger partial charge in [0, 0.05) is 37.7 Å². The monoisotopic (exact) mass is 728 g/mol. The van der Waals surface area contributed by atoms with Gasteiger partial charge in [0.2, 0.25) is 11.8 Å². The van der Waals surface area contributed by atoms with Crippen molar-refractivity contribution in [2.75, 3.05) is 37.6 Å². The fraction of sp³-hybridized carbons (Fsp3) is 0.541. The van der Waals surface area contributed by atoms with Crippen LogP contribution in [0.2, 0.25) is 5.02 Å². The number of amides is 7. The number of piperidine rings is 1. The van der Waals surface area contributed by atoms with Crippen molar-refractivity contribution in [3.8, 4) is 0 Å². The first-order chi connectivity index (χ1) is 23.9. The molecule has 0 unspecified atom stereocenters. The van der Waals surface area contributed by atoms with Gasteiger partial charge in [0.15, 0.2) is 0 Å². The molecule has 14 heteroatoms. The van der Waals surface area contributed by atoms with Crippen molar-refractivity contribution in [1.29, 1.82) is 0 Å². The van der Waals surface area contributed by atoms with Crippen molar-refractivity contribution in [3.05, 3.63) is 64.7 Å². The van der Waals surface area contributed by atoms with Gasteiger partial charge in [0.1, 0.15) is 12.1 Å². The Morgan fingerprint density at radius 2 is 1.51 bits per heavy atom. The molecule has 1 heterocycles. The lowest BCUT2D eigenvalue weighted by molar-refractivity contribution is -0.141. The summed E-state index contributed by atoms with van der Waals surface area (Å²) in [6, 6.07) is 12.8. The predicted octanol–water partition coefficient (Wildman–Crippen LogP) is 6.04. The van der Waals surface area contributed by atoms with E-state index in [4.69, 9.17) is 21.2 Å². The van der Waals surface area contributed by atoms with E-state index in [9.17, 15) is 24.0 Å². The lowest BCUT2D eigenvalue weighted by atomic mass is 9.76. The normalized spacial score (nSPS) is 14.3. The lowest BCUT2D eigenvalue weighted by Crippen LogP contribution is -2.59. The van der Waals surface area contributed by atoms with Crippen LogP contribution in [0.3, 0.4) is 0 Å². The molecule has 0 aliphatic carbocycles. The van der Waals surface area contributed by atoms with Crippen molar-refractivity contribution in [2.45, 2.75) is 92.4 Å². The summed E-state index contributed by atoms with van der Waals surface area (Å²) in [5.74, 6) is -0.640. The Labute approximate surface area is 306 Å². The number of ether oxygens (including phenoxy) is 1. The average molecular weight is 729 g/mol. The number of hydrogen-bond donors (Lipinski definition) is 3. The molecule has 1 fully saturated rings. The highest BCUT2D eigenvalue weighted by atomic mass is 35.5. The third-order valence-corrected chi connectivity index (χ3v) is 8.69. The molecule has 7 amide bonds. The molecular formula is C37H53ClN6O7. The van der Waals surface area contributed by atoms with Crippen LogP contribution in [0.5, 0.6) is 0 Å². The first kappa shape index (κ1) is 41.1. The number of halogens is 1. The van der Waals surface area contributed by atoms with Gasteiger partial charge in [-0.15, -0.1) is 0 Å². The number of carbonyl (C=O) groups is 5. The van der Waals surface area contributed by atoms with Crippen molar-refractivity contribution < 1.29 is 33.5 Å². The molecule has 3 rings (SSSR count). The second-order valence-corrected chi connectivity index (χ2v) is 15.0. The number of imide groups is 1. The number of alkyl carbamates (subject to hydrolysis) is 1. The van der Waals surface area contributed by atoms with E-state index in [1.54, 1.807) is 77.6 Å². The summed E-state index contributed by atoms with van der Waals surface area (Å²) in [6.07, 6.45) is 0.503. The standard InChI is InChI=1S/C37H53ClN6O7/c1-9-26-15-17-28(18-16-26)44(32(47)41-51-36(6,7)8)34(49)42(10-2)25-37(31(46)39-23-27-13-11-12-14-29(27)38)19-21-43(22-20-37)30(45)24-40-33(48)50-35(3,4)5/h11-18H,9-10,19-25H2,1-8H3,(H,39,46)(H,40,48)(H,41,47). The SMILES string of the molecule is CCc1ccc(N(C(=O)NOC(C)(C)C)C(=O)N(CC)CC2(C(=O)NCc3ccccc3Cl)CCN(C(=O)CNC(=O)OC(C)(C)C)CC2)cc1. The number of nitrogens with one attached hydrogen (secondary N) is 3. The molecule has 51 heavy (non-hydrogen) atoms. The molecule has 0 atom stereocenters. The van der Waals surface area contributed by atoms with E-state index in [0.29, 0.717) is 10.7 Å². The van der Waals surface area contributed by atoms with E-state index in [1.165, 1.54) is 4.90 Å². The van der Waals surface area contributed by atoms with Crippen LogP contribution in [0.25, 0.3) is 0 Å². The Balaban J connectivity index is 1.88. The highest BCUT2D eigenvalue weighted by Crippen LogP contribution is 2.34. The van der Waals surface area contributed by atoms with E-state index in [-0.39, 0.29) is 63.9 Å². The summed E-state index contributed by atoms with van der Waals surface area (Å²) in [4.78, 5) is 76.9. The second-order valence-electron chi connectivity index (χ2n) is 14.6. The molecule has 1 aliphatic rings. The van der Waals surface area contributed by atoms with Crippen LogP contribution in [0.4, 0.5) is 20.1 Å². The van der Waals surface area contributed by atoms with E-state index < -0.39 is 34.8 Å². The smallest absolute Gasteiger partial charge is 0.408 e.